The van der Waals surface area contributed by atoms with Crippen molar-refractivity contribution in [1.82, 2.24) is 9.78 Å². The Morgan fingerprint density at radius 1 is 1.24 bits per heavy atom. The van der Waals surface area contributed by atoms with Gasteiger partial charge in [0.1, 0.15) is 0 Å². The van der Waals surface area contributed by atoms with Crippen molar-refractivity contribution in [2.45, 2.75) is 64.9 Å². The van der Waals surface area contributed by atoms with Crippen LogP contribution in [0.1, 0.15) is 69.2 Å². The molecular formula is C14H26N2O. The highest BCUT2D eigenvalue weighted by molar-refractivity contribution is 5.18. The lowest BCUT2D eigenvalue weighted by molar-refractivity contribution is 0.162. The molecule has 0 saturated heterocycles. The molecule has 98 valence electrons. The summed E-state index contributed by atoms with van der Waals surface area (Å²) in [6.07, 6.45) is 9.91. The number of hydrogen-bond acceptors (Lipinski definition) is 2. The molecule has 0 fully saturated rings. The Kier molecular flexibility index (Phi) is 6.27. The van der Waals surface area contributed by atoms with E-state index in [0.717, 1.165) is 24.1 Å². The van der Waals surface area contributed by atoms with Crippen LogP contribution in [0.3, 0.4) is 0 Å². The maximum Gasteiger partial charge on any atom is 0.0823 e. The minimum absolute atomic E-state index is 0.338. The Morgan fingerprint density at radius 2 is 1.88 bits per heavy atom. The van der Waals surface area contributed by atoms with Crippen LogP contribution in [0.25, 0.3) is 0 Å². The Labute approximate surface area is 105 Å². The lowest BCUT2D eigenvalue weighted by atomic mass is 10.0. The number of rotatable bonds is 8. The number of unbranched alkanes of at least 4 members (excludes halogenated alkanes) is 5. The summed E-state index contributed by atoms with van der Waals surface area (Å²) in [5.41, 5.74) is 2.06. The molecule has 3 nitrogen and oxygen atoms in total. The zero-order valence-electron chi connectivity index (χ0n) is 11.4. The number of aliphatic hydroxyl groups is 1. The molecule has 1 N–H and O–H groups in total. The molecule has 0 amide bonds. The van der Waals surface area contributed by atoms with Gasteiger partial charge in [-0.25, -0.2) is 0 Å². The molecule has 0 spiro atoms. The number of aryl methyl sites for hydroxylation is 1. The van der Waals surface area contributed by atoms with Crippen molar-refractivity contribution in [3.05, 3.63) is 17.5 Å². The van der Waals surface area contributed by atoms with E-state index in [1.54, 1.807) is 6.20 Å². The van der Waals surface area contributed by atoms with E-state index in [0.29, 0.717) is 0 Å². The van der Waals surface area contributed by atoms with Gasteiger partial charge in [-0.05, 0) is 13.3 Å². The van der Waals surface area contributed by atoms with E-state index < -0.39 is 0 Å². The summed E-state index contributed by atoms with van der Waals surface area (Å²) in [5, 5.41) is 14.2. The van der Waals surface area contributed by atoms with Crippen molar-refractivity contribution in [2.24, 2.45) is 7.05 Å². The van der Waals surface area contributed by atoms with Crippen LogP contribution < -0.4 is 0 Å². The summed E-state index contributed by atoms with van der Waals surface area (Å²) < 4.78 is 1.82. The van der Waals surface area contributed by atoms with Crippen LogP contribution in [-0.2, 0) is 7.05 Å². The second-order valence-electron chi connectivity index (χ2n) is 4.88. The Balaban J connectivity index is 2.21. The molecule has 0 bridgehead atoms. The molecular weight excluding hydrogens is 212 g/mol. The predicted molar refractivity (Wildman–Crippen MR) is 70.9 cm³/mol. The molecule has 1 heterocycles. The molecule has 0 aliphatic carbocycles. The number of aromatic nitrogens is 2. The lowest BCUT2D eigenvalue weighted by Gasteiger charge is -2.10. The zero-order valence-corrected chi connectivity index (χ0v) is 11.4. The lowest BCUT2D eigenvalue weighted by Crippen LogP contribution is -2.00. The first-order valence-corrected chi connectivity index (χ1v) is 6.83. The van der Waals surface area contributed by atoms with E-state index >= 15 is 0 Å². The zero-order chi connectivity index (χ0) is 12.7. The molecule has 0 aromatic carbocycles. The molecule has 1 unspecified atom stereocenters. The fourth-order valence-electron chi connectivity index (χ4n) is 2.12. The predicted octanol–water partition coefficient (Wildman–Crippen LogP) is 3.51. The topological polar surface area (TPSA) is 38.1 Å². The molecule has 3 heteroatoms. The third-order valence-corrected chi connectivity index (χ3v) is 3.46. The van der Waals surface area contributed by atoms with Crippen molar-refractivity contribution in [2.75, 3.05) is 0 Å². The molecule has 0 radical (unpaired) electrons. The second kappa shape index (κ2) is 7.49. The molecule has 1 atom stereocenters. The molecule has 1 rings (SSSR count). The van der Waals surface area contributed by atoms with Gasteiger partial charge in [0.25, 0.3) is 0 Å². The van der Waals surface area contributed by atoms with E-state index in [1.165, 1.54) is 32.1 Å². The van der Waals surface area contributed by atoms with Crippen molar-refractivity contribution < 1.29 is 5.11 Å². The molecule has 17 heavy (non-hydrogen) atoms. The van der Waals surface area contributed by atoms with Crippen LogP contribution in [0.5, 0.6) is 0 Å². The van der Waals surface area contributed by atoms with Crippen LogP contribution in [0.4, 0.5) is 0 Å². The van der Waals surface area contributed by atoms with Crippen LogP contribution in [-0.4, -0.2) is 14.9 Å². The van der Waals surface area contributed by atoms with E-state index in [2.05, 4.69) is 12.0 Å². The molecule has 0 aliphatic rings. The van der Waals surface area contributed by atoms with E-state index in [9.17, 15) is 5.11 Å². The first-order chi connectivity index (χ1) is 8.16. The SMILES string of the molecule is CCCCCCCCC(O)c1cnn(C)c1C. The van der Waals surface area contributed by atoms with Crippen molar-refractivity contribution >= 4 is 0 Å². The van der Waals surface area contributed by atoms with Gasteiger partial charge < -0.3 is 5.11 Å². The normalized spacial score (nSPS) is 12.9. The summed E-state index contributed by atoms with van der Waals surface area (Å²) in [5.74, 6) is 0. The minimum Gasteiger partial charge on any atom is -0.388 e. The van der Waals surface area contributed by atoms with E-state index in [4.69, 9.17) is 0 Å². The fraction of sp³-hybridized carbons (Fsp3) is 0.786. The summed E-state index contributed by atoms with van der Waals surface area (Å²) in [6.45, 7) is 4.24. The van der Waals surface area contributed by atoms with Gasteiger partial charge in [-0.1, -0.05) is 45.4 Å². The average Bonchev–Trinajstić information content (AvgIpc) is 2.64. The van der Waals surface area contributed by atoms with Gasteiger partial charge >= 0.3 is 0 Å². The average molecular weight is 238 g/mol. The highest BCUT2D eigenvalue weighted by atomic mass is 16.3. The molecule has 0 saturated carbocycles. The van der Waals surface area contributed by atoms with Crippen LogP contribution >= 0.6 is 0 Å². The summed E-state index contributed by atoms with van der Waals surface area (Å²) in [6, 6.07) is 0. The van der Waals surface area contributed by atoms with Gasteiger partial charge in [0, 0.05) is 18.3 Å². The van der Waals surface area contributed by atoms with Crippen LogP contribution in [0, 0.1) is 6.92 Å². The fourth-order valence-corrected chi connectivity index (χ4v) is 2.12. The maximum absolute atomic E-state index is 10.1. The minimum atomic E-state index is -0.338. The largest absolute Gasteiger partial charge is 0.388 e. The Morgan fingerprint density at radius 3 is 2.47 bits per heavy atom. The quantitative estimate of drug-likeness (QED) is 0.704. The third kappa shape index (κ3) is 4.50. The highest BCUT2D eigenvalue weighted by Gasteiger charge is 2.12. The van der Waals surface area contributed by atoms with Gasteiger partial charge in [0.05, 0.1) is 12.3 Å². The maximum atomic E-state index is 10.1. The standard InChI is InChI=1S/C14H26N2O/c1-4-5-6-7-8-9-10-14(17)13-11-15-16(3)12(13)2/h11,14,17H,4-10H2,1-3H3. The molecule has 1 aromatic rings. The smallest absolute Gasteiger partial charge is 0.0823 e. The highest BCUT2D eigenvalue weighted by Crippen LogP contribution is 2.22. The van der Waals surface area contributed by atoms with Gasteiger partial charge in [0.15, 0.2) is 0 Å². The summed E-state index contributed by atoms with van der Waals surface area (Å²) >= 11 is 0. The van der Waals surface area contributed by atoms with Crippen LogP contribution in [0.2, 0.25) is 0 Å². The number of nitrogens with zero attached hydrogens (tertiary/aromatic N) is 2. The Bertz CT molecular complexity index is 320. The van der Waals surface area contributed by atoms with Gasteiger partial charge in [-0.3, -0.25) is 4.68 Å². The summed E-state index contributed by atoms with van der Waals surface area (Å²) in [4.78, 5) is 0. The Hall–Kier alpha value is -0.830. The molecule has 1 aromatic heterocycles. The first-order valence-electron chi connectivity index (χ1n) is 6.83. The monoisotopic (exact) mass is 238 g/mol. The van der Waals surface area contributed by atoms with E-state index in [1.807, 2.05) is 18.7 Å². The third-order valence-electron chi connectivity index (χ3n) is 3.46. The van der Waals surface area contributed by atoms with Crippen LogP contribution in [0.15, 0.2) is 6.20 Å². The van der Waals surface area contributed by atoms with E-state index in [-0.39, 0.29) is 6.10 Å². The first kappa shape index (κ1) is 14.2. The van der Waals surface area contributed by atoms with Crippen molar-refractivity contribution in [1.29, 1.82) is 0 Å². The van der Waals surface area contributed by atoms with Gasteiger partial charge in [-0.2, -0.15) is 5.10 Å². The number of aliphatic hydroxyl groups excluding tert-OH is 1. The van der Waals surface area contributed by atoms with Crippen molar-refractivity contribution in [3.8, 4) is 0 Å². The summed E-state index contributed by atoms with van der Waals surface area (Å²) in [7, 11) is 1.91. The van der Waals surface area contributed by atoms with Crippen molar-refractivity contribution in [3.63, 3.8) is 0 Å². The molecule has 0 aliphatic heterocycles. The number of hydrogen-bond donors (Lipinski definition) is 1. The second-order valence-corrected chi connectivity index (χ2v) is 4.88. The van der Waals surface area contributed by atoms with Gasteiger partial charge in [0.2, 0.25) is 0 Å². The van der Waals surface area contributed by atoms with Gasteiger partial charge in [-0.15, -0.1) is 0 Å².